The Morgan fingerprint density at radius 2 is 1.93 bits per heavy atom. The van der Waals surface area contributed by atoms with Crippen LogP contribution in [0.4, 0.5) is 11.5 Å². The monoisotopic (exact) mass is 451 g/mol. The molecule has 0 unspecified atom stereocenters. The topological polar surface area (TPSA) is 128 Å². The molecule has 0 saturated carbocycles. The smallest absolute Gasteiger partial charge is 0.271 e. The van der Waals surface area contributed by atoms with Gasteiger partial charge in [-0.2, -0.15) is 4.98 Å². The average Bonchev–Trinajstić information content (AvgIpc) is 2.76. The molecule has 0 spiro atoms. The maximum atomic E-state index is 12.1. The molecule has 0 aliphatic carbocycles. The predicted molar refractivity (Wildman–Crippen MR) is 111 cm³/mol. The number of nitrogen functional groups attached to an aromatic ring is 1. The Kier molecular flexibility index (Phi) is 5.16. The van der Waals surface area contributed by atoms with Gasteiger partial charge >= 0.3 is 0 Å². The lowest BCUT2D eigenvalue weighted by molar-refractivity contribution is 0.0962. The molecule has 0 fully saturated rings. The van der Waals surface area contributed by atoms with Crippen LogP contribution in [0.25, 0.3) is 10.9 Å². The molecule has 144 valence electrons. The first-order chi connectivity index (χ1) is 14.1. The molecule has 10 heteroatoms. The number of hydrazine groups is 1. The molecule has 9 nitrogen and oxygen atoms in total. The van der Waals surface area contributed by atoms with Crippen molar-refractivity contribution in [2.75, 3.05) is 11.2 Å². The molecular formula is C19H14BrN7O2. The molecule has 0 saturated heterocycles. The quantitative estimate of drug-likeness (QED) is 0.394. The normalized spacial score (nSPS) is 10.5. The molecule has 3 aromatic heterocycles. The second-order valence-corrected chi connectivity index (χ2v) is 6.66. The highest BCUT2D eigenvalue weighted by atomic mass is 79.9. The van der Waals surface area contributed by atoms with E-state index >= 15 is 0 Å². The fourth-order valence-corrected chi connectivity index (χ4v) is 3.00. The lowest BCUT2D eigenvalue weighted by atomic mass is 10.2. The minimum atomic E-state index is -0.387. The number of aromatic nitrogens is 4. The first kappa shape index (κ1) is 18.6. The first-order valence-electron chi connectivity index (χ1n) is 8.41. The van der Waals surface area contributed by atoms with E-state index in [0.717, 1.165) is 9.86 Å². The van der Waals surface area contributed by atoms with Crippen LogP contribution in [0.1, 0.15) is 10.4 Å². The van der Waals surface area contributed by atoms with Crippen molar-refractivity contribution in [1.29, 1.82) is 0 Å². The number of carbonyl (C=O) groups is 1. The molecule has 3 heterocycles. The van der Waals surface area contributed by atoms with E-state index in [9.17, 15) is 4.79 Å². The van der Waals surface area contributed by atoms with Gasteiger partial charge in [-0.1, -0.05) is 22.0 Å². The fraction of sp³-hybridized carbons (Fsp3) is 0. The van der Waals surface area contributed by atoms with Crippen molar-refractivity contribution < 1.29 is 9.53 Å². The Hall–Kier alpha value is -3.79. The lowest BCUT2D eigenvalue weighted by Crippen LogP contribution is -2.30. The zero-order valence-electron chi connectivity index (χ0n) is 14.8. The number of carbonyl (C=O) groups excluding carboxylic acids is 1. The second kappa shape index (κ2) is 8.07. The van der Waals surface area contributed by atoms with Gasteiger partial charge in [-0.25, -0.2) is 4.98 Å². The Bertz CT molecular complexity index is 1190. The van der Waals surface area contributed by atoms with E-state index < -0.39 is 0 Å². The number of pyridine rings is 2. The Balaban J connectivity index is 1.56. The van der Waals surface area contributed by atoms with Gasteiger partial charge in [0.1, 0.15) is 17.5 Å². The van der Waals surface area contributed by atoms with Crippen LogP contribution in [0.15, 0.2) is 65.8 Å². The van der Waals surface area contributed by atoms with Crippen LogP contribution in [0.3, 0.4) is 0 Å². The van der Waals surface area contributed by atoms with E-state index in [1.165, 1.54) is 12.5 Å². The molecule has 0 bridgehead atoms. The van der Waals surface area contributed by atoms with Crippen LogP contribution >= 0.6 is 15.9 Å². The molecule has 0 aliphatic heterocycles. The summed E-state index contributed by atoms with van der Waals surface area (Å²) in [7, 11) is 0. The van der Waals surface area contributed by atoms with Crippen molar-refractivity contribution in [3.05, 3.63) is 71.4 Å². The molecule has 0 aliphatic rings. The zero-order valence-corrected chi connectivity index (χ0v) is 16.4. The number of amides is 1. The largest absolute Gasteiger partial charge is 0.435 e. The summed E-state index contributed by atoms with van der Waals surface area (Å²) >= 11 is 3.50. The van der Waals surface area contributed by atoms with Crippen molar-refractivity contribution in [3.8, 4) is 11.6 Å². The highest BCUT2D eigenvalue weighted by molar-refractivity contribution is 9.10. The van der Waals surface area contributed by atoms with Gasteiger partial charge in [0.2, 0.25) is 5.88 Å². The minimum Gasteiger partial charge on any atom is -0.435 e. The van der Waals surface area contributed by atoms with E-state index in [4.69, 9.17) is 10.5 Å². The molecule has 0 radical (unpaired) electrons. The van der Waals surface area contributed by atoms with Crippen LogP contribution in [-0.2, 0) is 0 Å². The summed E-state index contributed by atoms with van der Waals surface area (Å²) < 4.78 is 6.78. The van der Waals surface area contributed by atoms with Gasteiger partial charge in [0.25, 0.3) is 5.91 Å². The number of nitrogens with one attached hydrogen (secondary N) is 2. The molecular weight excluding hydrogens is 438 g/mol. The Morgan fingerprint density at radius 3 is 2.76 bits per heavy atom. The van der Waals surface area contributed by atoms with Crippen molar-refractivity contribution in [2.45, 2.75) is 0 Å². The maximum Gasteiger partial charge on any atom is 0.271 e. The number of hydrogen-bond donors (Lipinski definition) is 3. The standard InChI is InChI=1S/C19H14BrN7O2/c20-13-5-6-14(16-12(13)4-2-8-23-16)29-19-15(21)17(24-10-25-19)26-27-18(28)11-3-1-7-22-9-11/h1-10H,21H2,(H,27,28)(H,24,25,26). The lowest BCUT2D eigenvalue weighted by Gasteiger charge is -2.13. The number of ether oxygens (including phenoxy) is 1. The summed E-state index contributed by atoms with van der Waals surface area (Å²) in [6.45, 7) is 0. The maximum absolute atomic E-state index is 12.1. The number of rotatable bonds is 5. The average molecular weight is 452 g/mol. The number of nitrogens with zero attached hydrogens (tertiary/aromatic N) is 4. The highest BCUT2D eigenvalue weighted by Gasteiger charge is 2.14. The van der Waals surface area contributed by atoms with E-state index in [-0.39, 0.29) is 23.3 Å². The van der Waals surface area contributed by atoms with Gasteiger partial charge in [-0.15, -0.1) is 0 Å². The third kappa shape index (κ3) is 3.92. The van der Waals surface area contributed by atoms with Gasteiger partial charge in [-0.05, 0) is 30.3 Å². The Morgan fingerprint density at radius 1 is 1.07 bits per heavy atom. The zero-order chi connectivity index (χ0) is 20.2. The van der Waals surface area contributed by atoms with Crippen LogP contribution < -0.4 is 21.3 Å². The molecule has 0 atom stereocenters. The highest BCUT2D eigenvalue weighted by Crippen LogP contribution is 2.35. The molecule has 29 heavy (non-hydrogen) atoms. The summed E-state index contributed by atoms with van der Waals surface area (Å²) in [5, 5.41) is 0.889. The number of anilines is 2. The second-order valence-electron chi connectivity index (χ2n) is 5.81. The number of hydrogen-bond acceptors (Lipinski definition) is 8. The number of benzene rings is 1. The number of fused-ring (bicyclic) bond motifs is 1. The van der Waals surface area contributed by atoms with E-state index in [2.05, 4.69) is 46.7 Å². The van der Waals surface area contributed by atoms with Gasteiger partial charge < -0.3 is 10.5 Å². The number of halogens is 1. The van der Waals surface area contributed by atoms with Crippen LogP contribution in [0.2, 0.25) is 0 Å². The summed E-state index contributed by atoms with van der Waals surface area (Å²) in [6.07, 6.45) is 5.97. The van der Waals surface area contributed by atoms with Crippen LogP contribution in [0, 0.1) is 0 Å². The summed E-state index contributed by atoms with van der Waals surface area (Å²) in [5.74, 6) is 0.426. The molecule has 4 N–H and O–H groups in total. The van der Waals surface area contributed by atoms with E-state index in [0.29, 0.717) is 16.8 Å². The van der Waals surface area contributed by atoms with E-state index in [1.807, 2.05) is 18.2 Å². The third-order valence-corrected chi connectivity index (χ3v) is 4.64. The molecule has 1 amide bonds. The minimum absolute atomic E-state index is 0.131. The van der Waals surface area contributed by atoms with Crippen molar-refractivity contribution in [2.24, 2.45) is 0 Å². The first-order valence-corrected chi connectivity index (χ1v) is 9.20. The molecule has 4 rings (SSSR count). The Labute approximate surface area is 173 Å². The van der Waals surface area contributed by atoms with Gasteiger partial charge in [0.15, 0.2) is 11.6 Å². The summed E-state index contributed by atoms with van der Waals surface area (Å²) in [6, 6.07) is 10.7. The van der Waals surface area contributed by atoms with Gasteiger partial charge in [-0.3, -0.25) is 25.6 Å². The van der Waals surface area contributed by atoms with Crippen LogP contribution in [-0.4, -0.2) is 25.8 Å². The van der Waals surface area contributed by atoms with Crippen LogP contribution in [0.5, 0.6) is 11.6 Å². The summed E-state index contributed by atoms with van der Waals surface area (Å²) in [5.41, 5.74) is 12.5. The number of nitrogens with two attached hydrogens (primary N) is 1. The van der Waals surface area contributed by atoms with Gasteiger partial charge in [0.05, 0.1) is 5.56 Å². The van der Waals surface area contributed by atoms with Crippen molar-refractivity contribution in [3.63, 3.8) is 0 Å². The fourth-order valence-electron chi connectivity index (χ4n) is 2.54. The predicted octanol–water partition coefficient (Wildman–Crippen LogP) is 3.31. The van der Waals surface area contributed by atoms with Crippen molar-refractivity contribution >= 4 is 44.2 Å². The van der Waals surface area contributed by atoms with Gasteiger partial charge in [0, 0.05) is 28.4 Å². The van der Waals surface area contributed by atoms with Crippen molar-refractivity contribution in [1.82, 2.24) is 25.4 Å². The van der Waals surface area contributed by atoms with E-state index in [1.54, 1.807) is 30.6 Å². The SMILES string of the molecule is Nc1c(NNC(=O)c2cccnc2)ncnc1Oc1ccc(Br)c2cccnc12. The summed E-state index contributed by atoms with van der Waals surface area (Å²) in [4.78, 5) is 28.5. The third-order valence-electron chi connectivity index (χ3n) is 3.95. The molecule has 1 aromatic carbocycles. The molecule has 4 aromatic rings.